The Balaban J connectivity index is 1.84. The molecule has 0 saturated heterocycles. The largest absolute Gasteiger partial charge is 0.374 e. The van der Waals surface area contributed by atoms with Crippen LogP contribution in [0.5, 0.6) is 0 Å². The number of rotatable bonds is 4. The number of thiophene rings is 1. The van der Waals surface area contributed by atoms with Crippen LogP contribution in [0.15, 0.2) is 71.9 Å². The fraction of sp³-hybridized carbons (Fsp3) is 0.125. The first-order valence-electron chi connectivity index (χ1n) is 10.0. The monoisotopic (exact) mass is 496 g/mol. The summed E-state index contributed by atoms with van der Waals surface area (Å²) >= 11 is 13.7. The molecular weight excluding hydrogens is 479 g/mol. The zero-order valence-corrected chi connectivity index (χ0v) is 20.0. The number of imidazole rings is 1. The Kier molecular flexibility index (Phi) is 5.37. The smallest absolute Gasteiger partial charge is 0.348 e. The molecule has 5 aromatic rings. The second kappa shape index (κ2) is 8.11. The first-order chi connectivity index (χ1) is 15.8. The molecule has 1 unspecified atom stereocenters. The maximum Gasteiger partial charge on any atom is 0.348 e. The lowest BCUT2D eigenvalue weighted by molar-refractivity contribution is 0.121. The summed E-state index contributed by atoms with van der Waals surface area (Å²) in [7, 11) is 3.50. The Labute approximate surface area is 203 Å². The van der Waals surface area contributed by atoms with Gasteiger partial charge in [-0.3, -0.25) is 4.57 Å². The second-order valence-corrected chi connectivity index (χ2v) is 9.90. The lowest BCUT2D eigenvalue weighted by Gasteiger charge is -2.28. The topological polar surface area (TPSA) is 72.9 Å². The molecular formula is C24H18Cl2N4O2S. The van der Waals surface area contributed by atoms with Gasteiger partial charge < -0.3 is 9.67 Å². The van der Waals surface area contributed by atoms with Crippen molar-refractivity contribution in [1.29, 1.82) is 0 Å². The zero-order chi connectivity index (χ0) is 23.3. The van der Waals surface area contributed by atoms with Crippen molar-refractivity contribution < 1.29 is 5.11 Å². The van der Waals surface area contributed by atoms with E-state index in [1.165, 1.54) is 15.9 Å². The van der Waals surface area contributed by atoms with E-state index in [-0.39, 0.29) is 5.69 Å². The molecule has 2 aromatic carbocycles. The van der Waals surface area contributed by atoms with E-state index >= 15 is 0 Å². The maximum atomic E-state index is 12.6. The Bertz CT molecular complexity index is 1570. The van der Waals surface area contributed by atoms with Crippen LogP contribution in [0.2, 0.25) is 9.36 Å². The highest BCUT2D eigenvalue weighted by molar-refractivity contribution is 7.16. The van der Waals surface area contributed by atoms with Gasteiger partial charge in [-0.15, -0.1) is 11.3 Å². The molecule has 3 aromatic heterocycles. The standard InChI is InChI=1S/C24H18Cl2N4O2S/c1-29-13-27-12-19(29)24(32,20-8-9-21(26)33-20)15-6-7-18-17(11-15)22(28-23(31)30(18)2)14-4-3-5-16(25)10-14/h3-13,32H,1-2H3. The van der Waals surface area contributed by atoms with E-state index in [2.05, 4.69) is 9.97 Å². The first kappa shape index (κ1) is 21.9. The van der Waals surface area contributed by atoms with Gasteiger partial charge in [-0.1, -0.05) is 41.4 Å². The SMILES string of the molecule is Cn1cncc1C(O)(c1ccc2c(c1)c(-c1cccc(Cl)c1)nc(=O)n2C)c1ccc(Cl)s1. The van der Waals surface area contributed by atoms with Crippen molar-refractivity contribution >= 4 is 45.4 Å². The molecule has 0 bridgehead atoms. The van der Waals surface area contributed by atoms with Gasteiger partial charge >= 0.3 is 5.69 Å². The number of hydrogen-bond acceptors (Lipinski definition) is 5. The third-order valence-electron chi connectivity index (χ3n) is 5.74. The van der Waals surface area contributed by atoms with Crippen LogP contribution < -0.4 is 5.69 Å². The molecule has 0 aliphatic heterocycles. The van der Waals surface area contributed by atoms with Crippen molar-refractivity contribution in [1.82, 2.24) is 19.1 Å². The number of hydrogen-bond donors (Lipinski definition) is 1. The van der Waals surface area contributed by atoms with Gasteiger partial charge in [0.25, 0.3) is 0 Å². The minimum absolute atomic E-state index is 0.378. The molecule has 9 heteroatoms. The maximum absolute atomic E-state index is 12.6. The summed E-state index contributed by atoms with van der Waals surface area (Å²) in [4.78, 5) is 21.8. The Morgan fingerprint density at radius 3 is 2.55 bits per heavy atom. The summed E-state index contributed by atoms with van der Waals surface area (Å²) in [6.45, 7) is 0. The molecule has 166 valence electrons. The van der Waals surface area contributed by atoms with Gasteiger partial charge in [0.15, 0.2) is 5.60 Å². The normalized spacial score (nSPS) is 13.4. The van der Waals surface area contributed by atoms with E-state index in [1.54, 1.807) is 48.4 Å². The number of nitrogens with zero attached hydrogens (tertiary/aromatic N) is 4. The summed E-state index contributed by atoms with van der Waals surface area (Å²) in [6, 6.07) is 16.2. The number of benzene rings is 2. The lowest BCUT2D eigenvalue weighted by Crippen LogP contribution is -2.30. The van der Waals surface area contributed by atoms with Gasteiger partial charge in [0.2, 0.25) is 0 Å². The minimum Gasteiger partial charge on any atom is -0.374 e. The summed E-state index contributed by atoms with van der Waals surface area (Å²) in [5.41, 5.74) is 1.18. The molecule has 5 rings (SSSR count). The number of aryl methyl sites for hydroxylation is 2. The van der Waals surface area contributed by atoms with Crippen LogP contribution in [0.25, 0.3) is 22.2 Å². The van der Waals surface area contributed by atoms with Crippen LogP contribution in [-0.4, -0.2) is 24.2 Å². The van der Waals surface area contributed by atoms with Crippen molar-refractivity contribution in [2.75, 3.05) is 0 Å². The number of aliphatic hydroxyl groups is 1. The van der Waals surface area contributed by atoms with Crippen LogP contribution in [0.1, 0.15) is 16.1 Å². The fourth-order valence-electron chi connectivity index (χ4n) is 4.06. The summed E-state index contributed by atoms with van der Waals surface area (Å²) < 4.78 is 3.82. The molecule has 0 aliphatic rings. The number of fused-ring (bicyclic) bond motifs is 1. The van der Waals surface area contributed by atoms with Crippen LogP contribution in [0.4, 0.5) is 0 Å². The van der Waals surface area contributed by atoms with Crippen LogP contribution in [-0.2, 0) is 19.7 Å². The van der Waals surface area contributed by atoms with Crippen molar-refractivity contribution in [2.24, 2.45) is 14.1 Å². The summed E-state index contributed by atoms with van der Waals surface area (Å²) in [6.07, 6.45) is 3.27. The van der Waals surface area contributed by atoms with E-state index in [0.717, 1.165) is 0 Å². The van der Waals surface area contributed by atoms with Crippen molar-refractivity contribution in [3.8, 4) is 11.3 Å². The minimum atomic E-state index is -1.52. The first-order valence-corrected chi connectivity index (χ1v) is 11.6. The van der Waals surface area contributed by atoms with Gasteiger partial charge in [-0.25, -0.2) is 9.78 Å². The predicted octanol–water partition coefficient (Wildman–Crippen LogP) is 4.99. The summed E-state index contributed by atoms with van der Waals surface area (Å²) in [5.74, 6) is 0. The Hall–Kier alpha value is -2.97. The van der Waals surface area contributed by atoms with Gasteiger partial charge in [0, 0.05) is 34.9 Å². The quantitative estimate of drug-likeness (QED) is 0.380. The molecule has 0 amide bonds. The lowest BCUT2D eigenvalue weighted by atomic mass is 9.87. The highest BCUT2D eigenvalue weighted by atomic mass is 35.5. The molecule has 0 radical (unpaired) electrons. The third-order valence-corrected chi connectivity index (χ3v) is 7.32. The molecule has 1 atom stereocenters. The van der Waals surface area contributed by atoms with Crippen LogP contribution in [0, 0.1) is 0 Å². The highest BCUT2D eigenvalue weighted by Crippen LogP contribution is 2.42. The molecule has 0 fully saturated rings. The molecule has 0 spiro atoms. The zero-order valence-electron chi connectivity index (χ0n) is 17.7. The van der Waals surface area contributed by atoms with Crippen molar-refractivity contribution in [2.45, 2.75) is 5.60 Å². The van der Waals surface area contributed by atoms with Crippen LogP contribution >= 0.6 is 34.5 Å². The van der Waals surface area contributed by atoms with Crippen molar-refractivity contribution in [3.05, 3.63) is 103 Å². The average Bonchev–Trinajstić information content (AvgIpc) is 3.44. The van der Waals surface area contributed by atoms with E-state index in [1.807, 2.05) is 37.4 Å². The van der Waals surface area contributed by atoms with Crippen molar-refractivity contribution in [3.63, 3.8) is 0 Å². The highest BCUT2D eigenvalue weighted by Gasteiger charge is 2.38. The van der Waals surface area contributed by atoms with Crippen LogP contribution in [0.3, 0.4) is 0 Å². The molecule has 3 heterocycles. The van der Waals surface area contributed by atoms with E-state index in [4.69, 9.17) is 23.2 Å². The predicted molar refractivity (Wildman–Crippen MR) is 132 cm³/mol. The third kappa shape index (κ3) is 3.57. The molecule has 0 aliphatic carbocycles. The van der Waals surface area contributed by atoms with E-state index in [0.29, 0.717) is 47.7 Å². The van der Waals surface area contributed by atoms with Gasteiger partial charge in [-0.2, -0.15) is 4.98 Å². The molecule has 0 saturated carbocycles. The van der Waals surface area contributed by atoms with E-state index in [9.17, 15) is 9.90 Å². The number of halogens is 2. The molecule has 1 N–H and O–H groups in total. The molecule has 33 heavy (non-hydrogen) atoms. The second-order valence-electron chi connectivity index (χ2n) is 7.75. The van der Waals surface area contributed by atoms with Gasteiger partial charge in [0.05, 0.1) is 33.8 Å². The van der Waals surface area contributed by atoms with Gasteiger partial charge in [0.1, 0.15) is 0 Å². The molecule has 6 nitrogen and oxygen atoms in total. The Morgan fingerprint density at radius 2 is 1.88 bits per heavy atom. The van der Waals surface area contributed by atoms with E-state index < -0.39 is 5.60 Å². The average molecular weight is 497 g/mol. The summed E-state index contributed by atoms with van der Waals surface area (Å²) in [5, 5.41) is 13.4. The fourth-order valence-corrected chi connectivity index (χ4v) is 5.42. The Morgan fingerprint density at radius 1 is 1.06 bits per heavy atom. The van der Waals surface area contributed by atoms with Gasteiger partial charge in [-0.05, 0) is 42.0 Å². The number of aromatic nitrogens is 4.